The summed E-state index contributed by atoms with van der Waals surface area (Å²) in [6.07, 6.45) is 0. The van der Waals surface area contributed by atoms with Crippen molar-refractivity contribution in [1.82, 2.24) is 9.55 Å². The van der Waals surface area contributed by atoms with Gasteiger partial charge in [0.15, 0.2) is 0 Å². The zero-order chi connectivity index (χ0) is 14.3. The molecule has 0 radical (unpaired) electrons. The predicted molar refractivity (Wildman–Crippen MR) is 70.8 cm³/mol. The van der Waals surface area contributed by atoms with E-state index in [9.17, 15) is 8.78 Å². The van der Waals surface area contributed by atoms with Crippen molar-refractivity contribution in [2.45, 2.75) is 0 Å². The van der Waals surface area contributed by atoms with Crippen LogP contribution in [0.4, 0.5) is 8.78 Å². The van der Waals surface area contributed by atoms with E-state index in [0.717, 1.165) is 11.6 Å². The number of hydrogen-bond donors (Lipinski definition) is 0. The van der Waals surface area contributed by atoms with Gasteiger partial charge in [0.05, 0.1) is 11.1 Å². The number of imidazole rings is 1. The Hall–Kier alpha value is -2.74. The predicted octanol–water partition coefficient (Wildman–Crippen LogP) is 3.39. The number of rotatable bonds is 1. The number of benzene rings is 2. The summed E-state index contributed by atoms with van der Waals surface area (Å²) in [6.45, 7) is 0. The molecule has 3 rings (SSSR count). The minimum absolute atomic E-state index is 0.338. The zero-order valence-electron chi connectivity index (χ0n) is 10.6. The third-order valence-electron chi connectivity index (χ3n) is 3.15. The molecule has 0 aliphatic carbocycles. The molecule has 0 N–H and O–H groups in total. The van der Waals surface area contributed by atoms with Crippen LogP contribution in [0.5, 0.6) is 0 Å². The Morgan fingerprint density at radius 2 is 1.85 bits per heavy atom. The zero-order valence-corrected chi connectivity index (χ0v) is 10.6. The summed E-state index contributed by atoms with van der Waals surface area (Å²) in [5.41, 5.74) is 2.03. The summed E-state index contributed by atoms with van der Waals surface area (Å²) in [6, 6.07) is 10.5. The highest BCUT2D eigenvalue weighted by molar-refractivity contribution is 5.85. The quantitative estimate of drug-likeness (QED) is 0.679. The van der Waals surface area contributed by atoms with Crippen molar-refractivity contribution in [2.75, 3.05) is 0 Å². The molecule has 2 aromatic carbocycles. The average Bonchev–Trinajstić information content (AvgIpc) is 2.75. The molecule has 1 heterocycles. The van der Waals surface area contributed by atoms with E-state index in [1.807, 2.05) is 6.07 Å². The van der Waals surface area contributed by atoms with E-state index in [-0.39, 0.29) is 0 Å². The van der Waals surface area contributed by atoms with Crippen LogP contribution in [0, 0.1) is 23.0 Å². The second-order valence-corrected chi connectivity index (χ2v) is 4.44. The molecule has 0 spiro atoms. The van der Waals surface area contributed by atoms with Gasteiger partial charge in [0.1, 0.15) is 29.0 Å². The van der Waals surface area contributed by atoms with E-state index in [1.54, 1.807) is 23.7 Å². The Morgan fingerprint density at radius 3 is 2.50 bits per heavy atom. The smallest absolute Gasteiger partial charge is 0.141 e. The van der Waals surface area contributed by atoms with Crippen molar-refractivity contribution in [2.24, 2.45) is 7.05 Å². The highest BCUT2D eigenvalue weighted by Crippen LogP contribution is 2.26. The van der Waals surface area contributed by atoms with E-state index >= 15 is 0 Å². The average molecular weight is 269 g/mol. The maximum absolute atomic E-state index is 13.3. The molecular weight excluding hydrogens is 260 g/mol. The summed E-state index contributed by atoms with van der Waals surface area (Å²) < 4.78 is 28.3. The Labute approximate surface area is 113 Å². The largest absolute Gasteiger partial charge is 0.327 e. The van der Waals surface area contributed by atoms with Crippen molar-refractivity contribution in [3.8, 4) is 17.5 Å². The number of fused-ring (bicyclic) bond motifs is 1. The van der Waals surface area contributed by atoms with Crippen LogP contribution in [-0.4, -0.2) is 9.55 Å². The van der Waals surface area contributed by atoms with Gasteiger partial charge in [-0.15, -0.1) is 0 Å². The van der Waals surface area contributed by atoms with E-state index in [2.05, 4.69) is 11.1 Å². The van der Waals surface area contributed by atoms with Crippen molar-refractivity contribution in [1.29, 1.82) is 5.26 Å². The molecule has 3 nitrogen and oxygen atoms in total. The Morgan fingerprint density at radius 1 is 1.15 bits per heavy atom. The van der Waals surface area contributed by atoms with Crippen LogP contribution in [0.3, 0.4) is 0 Å². The molecule has 0 bridgehead atoms. The van der Waals surface area contributed by atoms with Gasteiger partial charge in [0.25, 0.3) is 0 Å². The van der Waals surface area contributed by atoms with Gasteiger partial charge in [0, 0.05) is 18.7 Å². The molecule has 0 aliphatic rings. The van der Waals surface area contributed by atoms with E-state index in [1.165, 1.54) is 12.1 Å². The Bertz CT molecular complexity index is 839. The number of nitrogens with zero attached hydrogens (tertiary/aromatic N) is 3. The molecule has 0 aliphatic heterocycles. The lowest BCUT2D eigenvalue weighted by molar-refractivity contribution is 0.584. The van der Waals surface area contributed by atoms with Crippen LogP contribution in [-0.2, 0) is 7.05 Å². The molecule has 0 fully saturated rings. The fraction of sp³-hybridized carbons (Fsp3) is 0.0667. The number of aromatic nitrogens is 2. The first kappa shape index (κ1) is 12.3. The van der Waals surface area contributed by atoms with Gasteiger partial charge in [-0.1, -0.05) is 6.07 Å². The van der Waals surface area contributed by atoms with Crippen LogP contribution in [0.1, 0.15) is 5.56 Å². The van der Waals surface area contributed by atoms with Gasteiger partial charge in [-0.3, -0.25) is 0 Å². The summed E-state index contributed by atoms with van der Waals surface area (Å²) in [5, 5.41) is 9.08. The molecule has 0 saturated heterocycles. The monoisotopic (exact) mass is 269 g/mol. The molecule has 5 heteroatoms. The van der Waals surface area contributed by atoms with Crippen molar-refractivity contribution < 1.29 is 8.78 Å². The fourth-order valence-corrected chi connectivity index (χ4v) is 2.25. The summed E-state index contributed by atoms with van der Waals surface area (Å²) >= 11 is 0. The fourth-order valence-electron chi connectivity index (χ4n) is 2.25. The number of nitriles is 1. The van der Waals surface area contributed by atoms with Crippen molar-refractivity contribution in [3.05, 3.63) is 53.6 Å². The second kappa shape index (κ2) is 4.42. The van der Waals surface area contributed by atoms with Crippen molar-refractivity contribution in [3.63, 3.8) is 0 Å². The minimum atomic E-state index is -0.660. The number of para-hydroxylation sites is 1. The van der Waals surface area contributed by atoms with Crippen LogP contribution >= 0.6 is 0 Å². The summed E-state index contributed by atoms with van der Waals surface area (Å²) in [5.74, 6) is -0.902. The van der Waals surface area contributed by atoms with Gasteiger partial charge in [-0.25, -0.2) is 13.8 Å². The Kier molecular flexibility index (Phi) is 2.72. The van der Waals surface area contributed by atoms with Crippen molar-refractivity contribution >= 4 is 11.0 Å². The first-order valence-corrected chi connectivity index (χ1v) is 5.92. The third kappa shape index (κ3) is 1.82. The van der Waals surface area contributed by atoms with Crippen LogP contribution in [0.15, 0.2) is 36.4 Å². The highest BCUT2D eigenvalue weighted by Gasteiger charge is 2.14. The molecule has 1 aromatic heterocycles. The molecule has 0 unspecified atom stereocenters. The van der Waals surface area contributed by atoms with Gasteiger partial charge in [-0.05, 0) is 24.3 Å². The standard InChI is InChI=1S/C15H9F2N3/c1-20-13-4-2-3-9(8-18)14(13)19-15(20)10-5-11(16)7-12(17)6-10/h2-7H,1H3. The van der Waals surface area contributed by atoms with Crippen LogP contribution < -0.4 is 0 Å². The lowest BCUT2D eigenvalue weighted by Gasteiger charge is -2.03. The number of aryl methyl sites for hydroxylation is 1. The lowest BCUT2D eigenvalue weighted by atomic mass is 10.2. The van der Waals surface area contributed by atoms with Gasteiger partial charge < -0.3 is 4.57 Å². The number of hydrogen-bond acceptors (Lipinski definition) is 2. The summed E-state index contributed by atoms with van der Waals surface area (Å²) in [4.78, 5) is 4.34. The van der Waals surface area contributed by atoms with Crippen LogP contribution in [0.2, 0.25) is 0 Å². The highest BCUT2D eigenvalue weighted by atomic mass is 19.1. The molecule has 98 valence electrons. The molecule has 3 aromatic rings. The molecule has 0 atom stereocenters. The molecule has 0 saturated carbocycles. The normalized spacial score (nSPS) is 10.7. The van der Waals surface area contributed by atoms with Gasteiger partial charge >= 0.3 is 0 Å². The summed E-state index contributed by atoms with van der Waals surface area (Å²) in [7, 11) is 1.74. The number of halogens is 2. The van der Waals surface area contributed by atoms with E-state index in [4.69, 9.17) is 5.26 Å². The molecular formula is C15H9F2N3. The second-order valence-electron chi connectivity index (χ2n) is 4.44. The van der Waals surface area contributed by atoms with Gasteiger partial charge in [0.2, 0.25) is 0 Å². The topological polar surface area (TPSA) is 41.6 Å². The first-order chi connectivity index (χ1) is 9.60. The first-order valence-electron chi connectivity index (χ1n) is 5.92. The molecule has 0 amide bonds. The van der Waals surface area contributed by atoms with Gasteiger partial charge in [-0.2, -0.15) is 5.26 Å². The van der Waals surface area contributed by atoms with E-state index < -0.39 is 11.6 Å². The third-order valence-corrected chi connectivity index (χ3v) is 3.15. The Balaban J connectivity index is 2.32. The molecule has 20 heavy (non-hydrogen) atoms. The SMILES string of the molecule is Cn1c(-c2cc(F)cc(F)c2)nc2c(C#N)cccc21. The van der Waals surface area contributed by atoms with E-state index in [0.29, 0.717) is 22.5 Å². The maximum Gasteiger partial charge on any atom is 0.141 e. The van der Waals surface area contributed by atoms with Crippen LogP contribution in [0.25, 0.3) is 22.4 Å². The minimum Gasteiger partial charge on any atom is -0.327 e. The maximum atomic E-state index is 13.3. The lowest BCUT2D eigenvalue weighted by Crippen LogP contribution is -1.94.